The molecule has 0 aliphatic heterocycles. The maximum absolute atomic E-state index is 12.4. The molecular formula is C18H25N5O2. The van der Waals surface area contributed by atoms with E-state index in [1.807, 2.05) is 13.8 Å². The highest BCUT2D eigenvalue weighted by Gasteiger charge is 2.26. The monoisotopic (exact) mass is 343 g/mol. The molecular weight excluding hydrogens is 318 g/mol. The number of aromatic nitrogens is 3. The SMILES string of the molecule is Cc1noc(C)c1CCNC(=O)C1CCC(Nc2ncccn2)CC1. The van der Waals surface area contributed by atoms with Crippen LogP contribution in [-0.4, -0.2) is 33.6 Å². The van der Waals surface area contributed by atoms with Gasteiger partial charge in [-0.2, -0.15) is 0 Å². The second-order valence-corrected chi connectivity index (χ2v) is 6.61. The molecule has 0 atom stereocenters. The molecule has 7 nitrogen and oxygen atoms in total. The molecule has 2 heterocycles. The summed E-state index contributed by atoms with van der Waals surface area (Å²) in [5.74, 6) is 1.75. The van der Waals surface area contributed by atoms with Gasteiger partial charge >= 0.3 is 0 Å². The summed E-state index contributed by atoms with van der Waals surface area (Å²) in [7, 11) is 0. The molecule has 0 bridgehead atoms. The summed E-state index contributed by atoms with van der Waals surface area (Å²) >= 11 is 0. The van der Waals surface area contributed by atoms with Crippen molar-refractivity contribution < 1.29 is 9.32 Å². The third-order valence-electron chi connectivity index (χ3n) is 4.85. The summed E-state index contributed by atoms with van der Waals surface area (Å²) in [4.78, 5) is 20.7. The number of amides is 1. The molecule has 0 saturated heterocycles. The normalized spacial score (nSPS) is 20.2. The maximum Gasteiger partial charge on any atom is 0.223 e. The quantitative estimate of drug-likeness (QED) is 0.837. The molecule has 0 unspecified atom stereocenters. The number of anilines is 1. The van der Waals surface area contributed by atoms with Gasteiger partial charge < -0.3 is 15.2 Å². The van der Waals surface area contributed by atoms with Crippen molar-refractivity contribution in [1.29, 1.82) is 0 Å². The summed E-state index contributed by atoms with van der Waals surface area (Å²) in [6.07, 6.45) is 7.92. The van der Waals surface area contributed by atoms with Gasteiger partial charge in [-0.05, 0) is 52.0 Å². The Bertz CT molecular complexity index is 673. The molecule has 7 heteroatoms. The fourth-order valence-electron chi connectivity index (χ4n) is 3.37. The largest absolute Gasteiger partial charge is 0.361 e. The minimum atomic E-state index is 0.0967. The number of nitrogens with one attached hydrogen (secondary N) is 2. The average molecular weight is 343 g/mol. The fraction of sp³-hybridized carbons (Fsp3) is 0.556. The van der Waals surface area contributed by atoms with Crippen LogP contribution in [0.4, 0.5) is 5.95 Å². The summed E-state index contributed by atoms with van der Waals surface area (Å²) in [5.41, 5.74) is 2.00. The standard InChI is InChI=1S/C18H25N5O2/c1-12-16(13(2)25-23-12)8-11-19-17(24)14-4-6-15(7-5-14)22-18-20-9-3-10-21-18/h3,9-10,14-15H,4-8,11H2,1-2H3,(H,19,24)(H,20,21,22). The zero-order valence-electron chi connectivity index (χ0n) is 14.8. The van der Waals surface area contributed by atoms with Crippen LogP contribution in [0, 0.1) is 19.8 Å². The smallest absolute Gasteiger partial charge is 0.223 e. The van der Waals surface area contributed by atoms with Gasteiger partial charge in [-0.1, -0.05) is 5.16 Å². The molecule has 1 aliphatic rings. The minimum absolute atomic E-state index is 0.0967. The van der Waals surface area contributed by atoms with Gasteiger partial charge in [0.05, 0.1) is 5.69 Å². The highest BCUT2D eigenvalue weighted by atomic mass is 16.5. The predicted molar refractivity (Wildman–Crippen MR) is 94.1 cm³/mol. The molecule has 2 aromatic heterocycles. The lowest BCUT2D eigenvalue weighted by Crippen LogP contribution is -2.37. The number of hydrogen-bond donors (Lipinski definition) is 2. The van der Waals surface area contributed by atoms with Crippen molar-refractivity contribution in [2.45, 2.75) is 52.0 Å². The van der Waals surface area contributed by atoms with Gasteiger partial charge in [-0.15, -0.1) is 0 Å². The van der Waals surface area contributed by atoms with Crippen LogP contribution >= 0.6 is 0 Å². The number of carbonyl (C=O) groups is 1. The van der Waals surface area contributed by atoms with Crippen molar-refractivity contribution in [3.05, 3.63) is 35.5 Å². The van der Waals surface area contributed by atoms with Crippen LogP contribution in [0.3, 0.4) is 0 Å². The van der Waals surface area contributed by atoms with Crippen LogP contribution in [-0.2, 0) is 11.2 Å². The molecule has 0 spiro atoms. The van der Waals surface area contributed by atoms with Crippen LogP contribution in [0.5, 0.6) is 0 Å². The molecule has 2 aromatic rings. The third kappa shape index (κ3) is 4.55. The molecule has 0 aromatic carbocycles. The molecule has 2 N–H and O–H groups in total. The van der Waals surface area contributed by atoms with Gasteiger partial charge in [-0.25, -0.2) is 9.97 Å². The first kappa shape index (κ1) is 17.4. The molecule has 1 aliphatic carbocycles. The van der Waals surface area contributed by atoms with E-state index in [1.165, 1.54) is 0 Å². The first-order chi connectivity index (χ1) is 12.1. The van der Waals surface area contributed by atoms with Gasteiger partial charge in [0.1, 0.15) is 5.76 Å². The van der Waals surface area contributed by atoms with Gasteiger partial charge in [-0.3, -0.25) is 4.79 Å². The highest BCUT2D eigenvalue weighted by molar-refractivity contribution is 5.78. The molecule has 1 amide bonds. The lowest BCUT2D eigenvalue weighted by Gasteiger charge is -2.28. The van der Waals surface area contributed by atoms with Gasteiger partial charge in [0, 0.05) is 36.5 Å². The van der Waals surface area contributed by atoms with E-state index in [0.29, 0.717) is 18.5 Å². The van der Waals surface area contributed by atoms with Crippen LogP contribution in [0.25, 0.3) is 0 Å². The number of rotatable bonds is 6. The zero-order valence-corrected chi connectivity index (χ0v) is 14.8. The maximum atomic E-state index is 12.4. The Morgan fingerprint density at radius 2 is 1.92 bits per heavy atom. The van der Waals surface area contributed by atoms with E-state index in [2.05, 4.69) is 25.8 Å². The van der Waals surface area contributed by atoms with E-state index in [-0.39, 0.29) is 11.8 Å². The fourth-order valence-corrected chi connectivity index (χ4v) is 3.37. The Kier molecular flexibility index (Phi) is 5.63. The predicted octanol–water partition coefficient (Wildman–Crippen LogP) is 2.41. The summed E-state index contributed by atoms with van der Waals surface area (Å²) in [5, 5.41) is 10.3. The van der Waals surface area contributed by atoms with Crippen molar-refractivity contribution in [1.82, 2.24) is 20.4 Å². The number of hydrogen-bond acceptors (Lipinski definition) is 6. The van der Waals surface area contributed by atoms with Crippen molar-refractivity contribution >= 4 is 11.9 Å². The second kappa shape index (κ2) is 8.09. The van der Waals surface area contributed by atoms with E-state index in [1.54, 1.807) is 18.5 Å². The molecule has 134 valence electrons. The first-order valence-corrected chi connectivity index (χ1v) is 8.86. The van der Waals surface area contributed by atoms with E-state index in [4.69, 9.17) is 4.52 Å². The van der Waals surface area contributed by atoms with Crippen molar-refractivity contribution in [3.8, 4) is 0 Å². The van der Waals surface area contributed by atoms with Crippen LogP contribution in [0.2, 0.25) is 0 Å². The van der Waals surface area contributed by atoms with E-state index >= 15 is 0 Å². The molecule has 1 saturated carbocycles. The van der Waals surface area contributed by atoms with Crippen molar-refractivity contribution in [3.63, 3.8) is 0 Å². The lowest BCUT2D eigenvalue weighted by atomic mass is 9.85. The summed E-state index contributed by atoms with van der Waals surface area (Å²) in [6, 6.07) is 2.14. The van der Waals surface area contributed by atoms with Crippen LogP contribution < -0.4 is 10.6 Å². The summed E-state index contributed by atoms with van der Waals surface area (Å²) in [6.45, 7) is 4.46. The Labute approximate surface area is 147 Å². The third-order valence-corrected chi connectivity index (χ3v) is 4.85. The topological polar surface area (TPSA) is 92.9 Å². The number of aryl methyl sites for hydroxylation is 2. The lowest BCUT2D eigenvalue weighted by molar-refractivity contribution is -0.125. The van der Waals surface area contributed by atoms with Gasteiger partial charge in [0.15, 0.2) is 0 Å². The molecule has 3 rings (SSSR count). The van der Waals surface area contributed by atoms with E-state index in [9.17, 15) is 4.79 Å². The van der Waals surface area contributed by atoms with Crippen molar-refractivity contribution in [2.24, 2.45) is 5.92 Å². The Morgan fingerprint density at radius 3 is 2.56 bits per heavy atom. The number of carbonyl (C=O) groups excluding carboxylic acids is 1. The Morgan fingerprint density at radius 1 is 1.20 bits per heavy atom. The van der Waals surface area contributed by atoms with Crippen molar-refractivity contribution in [2.75, 3.05) is 11.9 Å². The molecule has 25 heavy (non-hydrogen) atoms. The highest BCUT2D eigenvalue weighted by Crippen LogP contribution is 2.26. The van der Waals surface area contributed by atoms with Crippen LogP contribution in [0.1, 0.15) is 42.7 Å². The first-order valence-electron chi connectivity index (χ1n) is 8.86. The summed E-state index contributed by atoms with van der Waals surface area (Å²) < 4.78 is 5.15. The second-order valence-electron chi connectivity index (χ2n) is 6.61. The van der Waals surface area contributed by atoms with Gasteiger partial charge in [0.2, 0.25) is 11.9 Å². The average Bonchev–Trinajstić information content (AvgIpc) is 2.95. The van der Waals surface area contributed by atoms with E-state index < -0.39 is 0 Å². The Hall–Kier alpha value is -2.44. The molecule has 1 fully saturated rings. The zero-order chi connectivity index (χ0) is 17.6. The Balaban J connectivity index is 1.39. The molecule has 0 radical (unpaired) electrons. The van der Waals surface area contributed by atoms with Crippen LogP contribution in [0.15, 0.2) is 23.0 Å². The minimum Gasteiger partial charge on any atom is -0.361 e. The number of nitrogens with zero attached hydrogens (tertiary/aromatic N) is 3. The van der Waals surface area contributed by atoms with Gasteiger partial charge in [0.25, 0.3) is 0 Å². The van der Waals surface area contributed by atoms with E-state index in [0.717, 1.165) is 49.1 Å².